The molecule has 19 heavy (non-hydrogen) atoms. The molecule has 1 aliphatic carbocycles. The summed E-state index contributed by atoms with van der Waals surface area (Å²) in [5.41, 5.74) is 12.4. The van der Waals surface area contributed by atoms with Gasteiger partial charge in [0, 0.05) is 5.56 Å². The molecule has 104 valence electrons. The van der Waals surface area contributed by atoms with Gasteiger partial charge in [-0.1, -0.05) is 6.42 Å². The SMILES string of the molecule is Cc1cc(OCC2CCCC2CN)ccc1C(N)=O. The average molecular weight is 262 g/mol. The Morgan fingerprint density at radius 3 is 2.74 bits per heavy atom. The van der Waals surface area contributed by atoms with E-state index in [1.165, 1.54) is 19.3 Å². The molecule has 1 saturated carbocycles. The average Bonchev–Trinajstić information content (AvgIpc) is 2.83. The standard InChI is InChI=1S/C15H22N2O2/c1-10-7-13(5-6-14(10)15(17)18)19-9-12-4-2-3-11(12)8-16/h5-7,11-12H,2-4,8-9,16H2,1H3,(H2,17,18). The minimum Gasteiger partial charge on any atom is -0.493 e. The van der Waals surface area contributed by atoms with E-state index in [0.717, 1.165) is 17.9 Å². The van der Waals surface area contributed by atoms with E-state index in [0.29, 0.717) is 24.0 Å². The number of carbonyl (C=O) groups excluding carboxylic acids is 1. The third kappa shape index (κ3) is 3.26. The molecule has 0 heterocycles. The van der Waals surface area contributed by atoms with Crippen LogP contribution in [0.25, 0.3) is 0 Å². The molecule has 0 saturated heterocycles. The minimum absolute atomic E-state index is 0.400. The van der Waals surface area contributed by atoms with Crippen molar-refractivity contribution < 1.29 is 9.53 Å². The molecule has 1 aliphatic rings. The van der Waals surface area contributed by atoms with E-state index in [1.807, 2.05) is 13.0 Å². The lowest BCUT2D eigenvalue weighted by Crippen LogP contribution is -2.23. The van der Waals surface area contributed by atoms with Crippen molar-refractivity contribution in [1.82, 2.24) is 0 Å². The first-order valence-electron chi connectivity index (χ1n) is 6.85. The van der Waals surface area contributed by atoms with Crippen molar-refractivity contribution in [3.05, 3.63) is 29.3 Å². The van der Waals surface area contributed by atoms with Crippen molar-refractivity contribution in [3.63, 3.8) is 0 Å². The molecule has 4 heteroatoms. The molecule has 0 radical (unpaired) electrons. The summed E-state index contributed by atoms with van der Waals surface area (Å²) in [7, 11) is 0. The Kier molecular flexibility index (Phi) is 4.43. The van der Waals surface area contributed by atoms with Gasteiger partial charge in [0.2, 0.25) is 5.91 Å². The summed E-state index contributed by atoms with van der Waals surface area (Å²) >= 11 is 0. The van der Waals surface area contributed by atoms with Gasteiger partial charge in [-0.2, -0.15) is 0 Å². The second-order valence-electron chi connectivity index (χ2n) is 5.34. The summed E-state index contributed by atoms with van der Waals surface area (Å²) in [5, 5.41) is 0. The first kappa shape index (κ1) is 13.9. The Labute approximate surface area is 114 Å². The monoisotopic (exact) mass is 262 g/mol. The molecular weight excluding hydrogens is 240 g/mol. The van der Waals surface area contributed by atoms with Crippen LogP contribution in [-0.4, -0.2) is 19.1 Å². The number of primary amides is 1. The van der Waals surface area contributed by atoms with Gasteiger partial charge in [-0.05, 0) is 61.9 Å². The molecule has 1 aromatic carbocycles. The molecule has 1 amide bonds. The first-order valence-corrected chi connectivity index (χ1v) is 6.85. The second kappa shape index (κ2) is 6.06. The van der Waals surface area contributed by atoms with Crippen molar-refractivity contribution >= 4 is 5.91 Å². The zero-order chi connectivity index (χ0) is 13.8. The highest BCUT2D eigenvalue weighted by atomic mass is 16.5. The van der Waals surface area contributed by atoms with Crippen LogP contribution in [0.15, 0.2) is 18.2 Å². The Balaban J connectivity index is 1.96. The summed E-state index contributed by atoms with van der Waals surface area (Å²) < 4.78 is 5.83. The van der Waals surface area contributed by atoms with Crippen LogP contribution >= 0.6 is 0 Å². The van der Waals surface area contributed by atoms with Gasteiger partial charge in [-0.15, -0.1) is 0 Å². The van der Waals surface area contributed by atoms with E-state index in [9.17, 15) is 4.79 Å². The van der Waals surface area contributed by atoms with Crippen LogP contribution in [0.1, 0.15) is 35.2 Å². The van der Waals surface area contributed by atoms with Crippen molar-refractivity contribution in [1.29, 1.82) is 0 Å². The predicted molar refractivity (Wildman–Crippen MR) is 75.1 cm³/mol. The molecule has 2 rings (SSSR count). The molecule has 4 N–H and O–H groups in total. The van der Waals surface area contributed by atoms with Gasteiger partial charge in [0.25, 0.3) is 0 Å². The van der Waals surface area contributed by atoms with Crippen molar-refractivity contribution in [2.24, 2.45) is 23.3 Å². The van der Waals surface area contributed by atoms with Gasteiger partial charge >= 0.3 is 0 Å². The minimum atomic E-state index is -0.400. The number of amides is 1. The van der Waals surface area contributed by atoms with E-state index in [2.05, 4.69) is 0 Å². The maximum Gasteiger partial charge on any atom is 0.248 e. The van der Waals surface area contributed by atoms with Crippen LogP contribution in [0.3, 0.4) is 0 Å². The zero-order valence-corrected chi connectivity index (χ0v) is 11.4. The van der Waals surface area contributed by atoms with Crippen LogP contribution in [0.2, 0.25) is 0 Å². The van der Waals surface area contributed by atoms with Crippen molar-refractivity contribution in [3.8, 4) is 5.75 Å². The Morgan fingerprint density at radius 2 is 2.11 bits per heavy atom. The largest absolute Gasteiger partial charge is 0.493 e. The summed E-state index contributed by atoms with van der Waals surface area (Å²) in [4.78, 5) is 11.1. The number of nitrogens with two attached hydrogens (primary N) is 2. The molecule has 0 bridgehead atoms. The number of hydrogen-bond acceptors (Lipinski definition) is 3. The van der Waals surface area contributed by atoms with E-state index >= 15 is 0 Å². The van der Waals surface area contributed by atoms with E-state index in [1.54, 1.807) is 12.1 Å². The summed E-state index contributed by atoms with van der Waals surface area (Å²) in [6.07, 6.45) is 3.65. The molecule has 2 unspecified atom stereocenters. The fourth-order valence-electron chi connectivity index (χ4n) is 2.85. The molecule has 0 aliphatic heterocycles. The maximum atomic E-state index is 11.1. The van der Waals surface area contributed by atoms with Crippen molar-refractivity contribution in [2.75, 3.05) is 13.2 Å². The third-order valence-corrected chi connectivity index (χ3v) is 4.05. The number of ether oxygens (including phenoxy) is 1. The summed E-state index contributed by atoms with van der Waals surface area (Å²) in [5.74, 6) is 1.54. The fraction of sp³-hybridized carbons (Fsp3) is 0.533. The van der Waals surface area contributed by atoms with Gasteiger partial charge in [0.15, 0.2) is 0 Å². The molecule has 2 atom stereocenters. The summed E-state index contributed by atoms with van der Waals surface area (Å²) in [6, 6.07) is 5.40. The highest BCUT2D eigenvalue weighted by Crippen LogP contribution is 2.31. The van der Waals surface area contributed by atoms with Gasteiger partial charge in [-0.3, -0.25) is 4.79 Å². The summed E-state index contributed by atoms with van der Waals surface area (Å²) in [6.45, 7) is 3.32. The van der Waals surface area contributed by atoms with Gasteiger partial charge < -0.3 is 16.2 Å². The normalized spacial score (nSPS) is 22.4. The smallest absolute Gasteiger partial charge is 0.248 e. The van der Waals surface area contributed by atoms with E-state index < -0.39 is 5.91 Å². The van der Waals surface area contributed by atoms with E-state index in [4.69, 9.17) is 16.2 Å². The molecular formula is C15H22N2O2. The lowest BCUT2D eigenvalue weighted by atomic mass is 9.97. The van der Waals surface area contributed by atoms with Crippen LogP contribution < -0.4 is 16.2 Å². The van der Waals surface area contributed by atoms with Gasteiger partial charge in [0.1, 0.15) is 5.75 Å². The molecule has 1 aromatic rings. The maximum absolute atomic E-state index is 11.1. The number of benzene rings is 1. The molecule has 4 nitrogen and oxygen atoms in total. The Hall–Kier alpha value is -1.55. The number of rotatable bonds is 5. The van der Waals surface area contributed by atoms with Crippen LogP contribution in [0.5, 0.6) is 5.75 Å². The van der Waals surface area contributed by atoms with Crippen LogP contribution in [0.4, 0.5) is 0 Å². The lowest BCUT2D eigenvalue weighted by molar-refractivity contribution is 0.0999. The van der Waals surface area contributed by atoms with Crippen molar-refractivity contribution in [2.45, 2.75) is 26.2 Å². The quantitative estimate of drug-likeness (QED) is 0.850. The Morgan fingerprint density at radius 1 is 1.37 bits per heavy atom. The Bertz CT molecular complexity index is 459. The van der Waals surface area contributed by atoms with E-state index in [-0.39, 0.29) is 0 Å². The third-order valence-electron chi connectivity index (χ3n) is 4.05. The topological polar surface area (TPSA) is 78.3 Å². The second-order valence-corrected chi connectivity index (χ2v) is 5.34. The van der Waals surface area contributed by atoms with Crippen LogP contribution in [0, 0.1) is 18.8 Å². The highest BCUT2D eigenvalue weighted by molar-refractivity contribution is 5.94. The van der Waals surface area contributed by atoms with Crippen LogP contribution in [-0.2, 0) is 0 Å². The molecule has 0 aromatic heterocycles. The zero-order valence-electron chi connectivity index (χ0n) is 11.4. The first-order chi connectivity index (χ1) is 9.11. The molecule has 1 fully saturated rings. The van der Waals surface area contributed by atoms with Gasteiger partial charge in [0.05, 0.1) is 6.61 Å². The highest BCUT2D eigenvalue weighted by Gasteiger charge is 2.26. The molecule has 0 spiro atoms. The number of aryl methyl sites for hydroxylation is 1. The fourth-order valence-corrected chi connectivity index (χ4v) is 2.85. The predicted octanol–water partition coefficient (Wildman–Crippen LogP) is 1.85. The number of hydrogen-bond donors (Lipinski definition) is 2. The number of carbonyl (C=O) groups is 1. The van der Waals surface area contributed by atoms with Gasteiger partial charge in [-0.25, -0.2) is 0 Å². The lowest BCUT2D eigenvalue weighted by Gasteiger charge is -2.18.